The molecule has 0 fully saturated rings. The zero-order valence-electron chi connectivity index (χ0n) is 16.4. The molecule has 0 spiro atoms. The molecule has 2 N–H and O–H groups in total. The molecule has 0 unspecified atom stereocenters. The van der Waals surface area contributed by atoms with Crippen LogP contribution in [0.15, 0.2) is 66.0 Å². The summed E-state index contributed by atoms with van der Waals surface area (Å²) in [5.74, 6) is 0.317. The van der Waals surface area contributed by atoms with Crippen LogP contribution in [0.3, 0.4) is 0 Å². The van der Waals surface area contributed by atoms with Crippen LogP contribution in [-0.2, 0) is 4.79 Å². The highest BCUT2D eigenvalue weighted by Crippen LogP contribution is 2.43. The number of hydrogen-bond acceptors (Lipinski definition) is 4. The van der Waals surface area contributed by atoms with Crippen molar-refractivity contribution >= 4 is 46.4 Å². The van der Waals surface area contributed by atoms with Crippen LogP contribution in [0.5, 0.6) is 0 Å². The number of carbonyl (C=O) groups is 2. The molecule has 0 radical (unpaired) electrons. The zero-order chi connectivity index (χ0) is 21.5. The van der Waals surface area contributed by atoms with Gasteiger partial charge in [0.15, 0.2) is 5.78 Å². The van der Waals surface area contributed by atoms with Crippen molar-refractivity contribution in [3.05, 3.63) is 87.2 Å². The Kier molecular flexibility index (Phi) is 5.04. The summed E-state index contributed by atoms with van der Waals surface area (Å²) in [5.41, 5.74) is 3.29. The maximum atomic E-state index is 13.0. The van der Waals surface area contributed by atoms with Gasteiger partial charge in [-0.3, -0.25) is 9.59 Å². The van der Waals surface area contributed by atoms with Crippen molar-refractivity contribution < 1.29 is 9.59 Å². The van der Waals surface area contributed by atoms with E-state index in [9.17, 15) is 9.59 Å². The number of anilines is 2. The van der Waals surface area contributed by atoms with Crippen LogP contribution in [0, 0.1) is 0 Å². The highest BCUT2D eigenvalue weighted by Gasteiger charge is 2.38. The van der Waals surface area contributed by atoms with Crippen LogP contribution in [0.4, 0.5) is 11.5 Å². The van der Waals surface area contributed by atoms with E-state index in [0.717, 1.165) is 24.1 Å². The highest BCUT2D eigenvalue weighted by atomic mass is 35.5. The van der Waals surface area contributed by atoms with Gasteiger partial charge in [-0.1, -0.05) is 41.4 Å². The number of hydrogen-bond donors (Lipinski definition) is 2. The fourth-order valence-corrected chi connectivity index (χ4v) is 4.51. The molecular weight excluding hydrogens is 435 g/mol. The molecule has 3 aromatic rings. The third-order valence-electron chi connectivity index (χ3n) is 5.59. The van der Waals surface area contributed by atoms with Gasteiger partial charge in [-0.2, -0.15) is 5.10 Å². The van der Waals surface area contributed by atoms with E-state index < -0.39 is 6.04 Å². The molecule has 1 aliphatic heterocycles. The number of nitrogens with one attached hydrogen (secondary N) is 2. The Bertz CT molecular complexity index is 1230. The standard InChI is InChI=1S/C23H18Cl2N4O2/c24-13-8-10-14(11-9-13)27-23(31)16-12-26-29-21(15-4-1-2-5-17(15)25)20-18(28-22(16)29)6-3-7-19(20)30/h1-2,4-5,8-12,21,28H,3,6-7H2,(H,27,31)/t21-/m1/s1. The van der Waals surface area contributed by atoms with Crippen LogP contribution in [0.2, 0.25) is 10.0 Å². The van der Waals surface area contributed by atoms with Gasteiger partial charge < -0.3 is 10.6 Å². The van der Waals surface area contributed by atoms with E-state index in [0.29, 0.717) is 39.1 Å². The Morgan fingerprint density at radius 1 is 1.10 bits per heavy atom. The van der Waals surface area contributed by atoms with Crippen molar-refractivity contribution in [2.24, 2.45) is 0 Å². The Morgan fingerprint density at radius 3 is 2.65 bits per heavy atom. The maximum Gasteiger partial charge on any atom is 0.261 e. The van der Waals surface area contributed by atoms with Crippen molar-refractivity contribution in [2.75, 3.05) is 10.6 Å². The van der Waals surface area contributed by atoms with Crippen molar-refractivity contribution in [3.63, 3.8) is 0 Å². The van der Waals surface area contributed by atoms with Crippen molar-refractivity contribution in [2.45, 2.75) is 25.3 Å². The number of allylic oxidation sites excluding steroid dienone is 2. The lowest BCUT2D eigenvalue weighted by atomic mass is 9.85. The topological polar surface area (TPSA) is 76.0 Å². The summed E-state index contributed by atoms with van der Waals surface area (Å²) in [7, 11) is 0. The molecular formula is C23H18Cl2N4O2. The molecule has 2 aromatic carbocycles. The summed E-state index contributed by atoms with van der Waals surface area (Å²) >= 11 is 12.4. The number of fused-ring (bicyclic) bond motifs is 1. The number of rotatable bonds is 3. The minimum absolute atomic E-state index is 0.0759. The summed E-state index contributed by atoms with van der Waals surface area (Å²) < 4.78 is 1.68. The van der Waals surface area contributed by atoms with Crippen LogP contribution in [0.25, 0.3) is 0 Å². The lowest BCUT2D eigenvalue weighted by Crippen LogP contribution is -2.32. The van der Waals surface area contributed by atoms with Crippen LogP contribution in [0.1, 0.15) is 41.2 Å². The Labute approximate surface area is 188 Å². The first kappa shape index (κ1) is 19.8. The fourth-order valence-electron chi connectivity index (χ4n) is 4.14. The first-order valence-electron chi connectivity index (χ1n) is 9.95. The van der Waals surface area contributed by atoms with Gasteiger partial charge in [-0.25, -0.2) is 4.68 Å². The average Bonchev–Trinajstić information content (AvgIpc) is 3.18. The average molecular weight is 453 g/mol. The quantitative estimate of drug-likeness (QED) is 0.552. The van der Waals surface area contributed by atoms with E-state index in [1.165, 1.54) is 6.20 Å². The molecule has 0 saturated carbocycles. The number of ketones is 1. The largest absolute Gasteiger partial charge is 0.343 e. The van der Waals surface area contributed by atoms with Gasteiger partial charge in [0, 0.05) is 33.4 Å². The SMILES string of the molecule is O=C1CCCC2=C1[C@@H](c1ccccc1Cl)n1ncc(C(=O)Nc3ccc(Cl)cc3)c1N2. The van der Waals surface area contributed by atoms with Crippen molar-refractivity contribution in [1.82, 2.24) is 9.78 Å². The molecule has 1 atom stereocenters. The molecule has 0 saturated heterocycles. The first-order chi connectivity index (χ1) is 15.0. The van der Waals surface area contributed by atoms with Gasteiger partial charge in [0.05, 0.1) is 6.20 Å². The second-order valence-corrected chi connectivity index (χ2v) is 8.37. The van der Waals surface area contributed by atoms with E-state index in [1.54, 1.807) is 35.0 Å². The maximum absolute atomic E-state index is 13.0. The van der Waals surface area contributed by atoms with Gasteiger partial charge in [0.1, 0.15) is 17.4 Å². The van der Waals surface area contributed by atoms with Crippen molar-refractivity contribution in [3.8, 4) is 0 Å². The molecule has 31 heavy (non-hydrogen) atoms. The third-order valence-corrected chi connectivity index (χ3v) is 6.18. The molecule has 6 nitrogen and oxygen atoms in total. The van der Waals surface area contributed by atoms with Crippen LogP contribution in [-0.4, -0.2) is 21.5 Å². The first-order valence-corrected chi connectivity index (χ1v) is 10.7. The number of benzene rings is 2. The Hall–Kier alpha value is -3.09. The van der Waals surface area contributed by atoms with E-state index >= 15 is 0 Å². The number of amides is 1. The van der Waals surface area contributed by atoms with Crippen LogP contribution < -0.4 is 10.6 Å². The summed E-state index contributed by atoms with van der Waals surface area (Å²) in [6.07, 6.45) is 3.49. The molecule has 1 aromatic heterocycles. The Morgan fingerprint density at radius 2 is 1.87 bits per heavy atom. The third kappa shape index (κ3) is 3.52. The molecule has 2 aliphatic rings. The zero-order valence-corrected chi connectivity index (χ0v) is 17.9. The Balaban J connectivity index is 1.58. The monoisotopic (exact) mass is 452 g/mol. The molecule has 8 heteroatoms. The molecule has 0 bridgehead atoms. The van der Waals surface area contributed by atoms with E-state index in [2.05, 4.69) is 15.7 Å². The normalized spacial score (nSPS) is 17.6. The van der Waals surface area contributed by atoms with E-state index in [1.807, 2.05) is 18.2 Å². The van der Waals surface area contributed by atoms with Gasteiger partial charge >= 0.3 is 0 Å². The van der Waals surface area contributed by atoms with Crippen molar-refractivity contribution in [1.29, 1.82) is 0 Å². The van der Waals surface area contributed by atoms with E-state index in [-0.39, 0.29) is 11.7 Å². The number of nitrogens with zero attached hydrogens (tertiary/aromatic N) is 2. The highest BCUT2D eigenvalue weighted by molar-refractivity contribution is 6.31. The van der Waals surface area contributed by atoms with Crippen LogP contribution >= 0.6 is 23.2 Å². The lowest BCUT2D eigenvalue weighted by molar-refractivity contribution is -0.116. The van der Waals surface area contributed by atoms with Gasteiger partial charge in [-0.15, -0.1) is 0 Å². The van der Waals surface area contributed by atoms with Gasteiger partial charge in [0.25, 0.3) is 5.91 Å². The minimum atomic E-state index is -0.482. The summed E-state index contributed by atoms with van der Waals surface area (Å²) in [4.78, 5) is 25.9. The molecule has 1 aliphatic carbocycles. The second kappa shape index (κ2) is 7.87. The smallest absolute Gasteiger partial charge is 0.261 e. The number of halogens is 2. The number of carbonyl (C=O) groups excluding carboxylic acids is 2. The number of Topliss-reactive ketones (excluding diaryl/α,β-unsaturated/α-hetero) is 1. The summed E-state index contributed by atoms with van der Waals surface area (Å²) in [6, 6.07) is 13.8. The second-order valence-electron chi connectivity index (χ2n) is 7.53. The predicted molar refractivity (Wildman–Crippen MR) is 121 cm³/mol. The predicted octanol–water partition coefficient (Wildman–Crippen LogP) is 5.46. The van der Waals surface area contributed by atoms with Gasteiger partial charge in [-0.05, 0) is 48.7 Å². The fraction of sp³-hybridized carbons (Fsp3) is 0.174. The lowest BCUT2D eigenvalue weighted by Gasteiger charge is -2.33. The summed E-state index contributed by atoms with van der Waals surface area (Å²) in [6.45, 7) is 0. The molecule has 5 rings (SSSR count). The minimum Gasteiger partial charge on any atom is -0.343 e. The molecule has 1 amide bonds. The van der Waals surface area contributed by atoms with E-state index in [4.69, 9.17) is 23.2 Å². The molecule has 2 heterocycles. The van der Waals surface area contributed by atoms with Gasteiger partial charge in [0.2, 0.25) is 0 Å². The number of aromatic nitrogens is 2. The summed E-state index contributed by atoms with van der Waals surface area (Å²) in [5, 5.41) is 11.8. The molecule has 156 valence electrons.